The molecule has 0 bridgehead atoms. The minimum absolute atomic E-state index is 0.207. The molecule has 0 aliphatic carbocycles. The van der Waals surface area contributed by atoms with Crippen molar-refractivity contribution in [1.82, 2.24) is 10.2 Å². The molecule has 1 N–H and O–H groups in total. The number of hydrogen-bond donors (Lipinski definition) is 1. The Morgan fingerprint density at radius 1 is 1.12 bits per heavy atom. The van der Waals surface area contributed by atoms with Gasteiger partial charge in [0.05, 0.1) is 21.3 Å². The Balaban J connectivity index is 1.97. The first-order valence-corrected chi connectivity index (χ1v) is 8.36. The van der Waals surface area contributed by atoms with Gasteiger partial charge in [0.15, 0.2) is 11.5 Å². The Labute approximate surface area is 144 Å². The number of rotatable bonds is 7. The number of ether oxygens (including phenoxy) is 3. The summed E-state index contributed by atoms with van der Waals surface area (Å²) in [5.41, 5.74) is 1.00. The Morgan fingerprint density at radius 3 is 2.17 bits per heavy atom. The SMILES string of the molecule is CNC1CCN(C(=O)CCc2cc(OC)c(OC)c(OC)c2)CC1. The second-order valence-corrected chi connectivity index (χ2v) is 5.98. The Morgan fingerprint density at radius 2 is 1.71 bits per heavy atom. The van der Waals surface area contributed by atoms with E-state index >= 15 is 0 Å². The topological polar surface area (TPSA) is 60.0 Å². The average Bonchev–Trinajstić information content (AvgIpc) is 2.65. The van der Waals surface area contributed by atoms with Gasteiger partial charge in [0.2, 0.25) is 11.7 Å². The van der Waals surface area contributed by atoms with Gasteiger partial charge in [-0.15, -0.1) is 0 Å². The zero-order valence-electron chi connectivity index (χ0n) is 15.1. The van der Waals surface area contributed by atoms with Crippen LogP contribution in [0, 0.1) is 0 Å². The van der Waals surface area contributed by atoms with Crippen molar-refractivity contribution in [3.05, 3.63) is 17.7 Å². The summed E-state index contributed by atoms with van der Waals surface area (Å²) in [6.07, 6.45) is 3.18. The van der Waals surface area contributed by atoms with Gasteiger partial charge in [0.1, 0.15) is 0 Å². The van der Waals surface area contributed by atoms with Gasteiger partial charge in [0.25, 0.3) is 0 Å². The highest BCUT2D eigenvalue weighted by Crippen LogP contribution is 2.38. The highest BCUT2D eigenvalue weighted by molar-refractivity contribution is 5.76. The molecule has 6 nitrogen and oxygen atoms in total. The van der Waals surface area contributed by atoms with E-state index in [4.69, 9.17) is 14.2 Å². The van der Waals surface area contributed by atoms with Crippen LogP contribution in [-0.2, 0) is 11.2 Å². The summed E-state index contributed by atoms with van der Waals surface area (Å²) in [4.78, 5) is 14.4. The summed E-state index contributed by atoms with van der Waals surface area (Å²) in [6, 6.07) is 4.34. The molecule has 0 spiro atoms. The average molecular weight is 336 g/mol. The summed E-state index contributed by atoms with van der Waals surface area (Å²) in [6.45, 7) is 1.67. The molecule has 2 rings (SSSR count). The van der Waals surface area contributed by atoms with Crippen LogP contribution in [0.2, 0.25) is 0 Å². The molecule has 1 aromatic carbocycles. The highest BCUT2D eigenvalue weighted by atomic mass is 16.5. The van der Waals surface area contributed by atoms with Crippen molar-refractivity contribution < 1.29 is 19.0 Å². The predicted molar refractivity (Wildman–Crippen MR) is 93.1 cm³/mol. The predicted octanol–water partition coefficient (Wildman–Crippen LogP) is 1.86. The van der Waals surface area contributed by atoms with Crippen LogP contribution >= 0.6 is 0 Å². The van der Waals surface area contributed by atoms with Gasteiger partial charge in [0, 0.05) is 25.6 Å². The maximum atomic E-state index is 12.4. The smallest absolute Gasteiger partial charge is 0.222 e. The molecule has 1 heterocycles. The fraction of sp³-hybridized carbons (Fsp3) is 0.611. The quantitative estimate of drug-likeness (QED) is 0.823. The van der Waals surface area contributed by atoms with Crippen molar-refractivity contribution in [3.8, 4) is 17.2 Å². The molecule has 0 saturated carbocycles. The van der Waals surface area contributed by atoms with Crippen LogP contribution in [0.1, 0.15) is 24.8 Å². The number of carbonyl (C=O) groups excluding carboxylic acids is 1. The molecule has 0 radical (unpaired) electrons. The summed E-state index contributed by atoms with van der Waals surface area (Å²) >= 11 is 0. The van der Waals surface area contributed by atoms with Crippen molar-refractivity contribution in [2.75, 3.05) is 41.5 Å². The van der Waals surface area contributed by atoms with Crippen LogP contribution in [-0.4, -0.2) is 58.3 Å². The van der Waals surface area contributed by atoms with Crippen LogP contribution in [0.3, 0.4) is 0 Å². The van der Waals surface area contributed by atoms with Gasteiger partial charge >= 0.3 is 0 Å². The van der Waals surface area contributed by atoms with Crippen LogP contribution in [0.25, 0.3) is 0 Å². The lowest BCUT2D eigenvalue weighted by atomic mass is 10.0. The van der Waals surface area contributed by atoms with E-state index in [0.717, 1.165) is 31.5 Å². The van der Waals surface area contributed by atoms with E-state index in [1.807, 2.05) is 24.1 Å². The van der Waals surface area contributed by atoms with E-state index in [9.17, 15) is 4.79 Å². The maximum Gasteiger partial charge on any atom is 0.222 e. The summed E-state index contributed by atoms with van der Waals surface area (Å²) in [7, 11) is 6.75. The molecule has 1 aliphatic heterocycles. The van der Waals surface area contributed by atoms with E-state index in [1.165, 1.54) is 0 Å². The Hall–Kier alpha value is -1.95. The van der Waals surface area contributed by atoms with Crippen molar-refractivity contribution >= 4 is 5.91 Å². The minimum atomic E-state index is 0.207. The molecule has 1 saturated heterocycles. The molecule has 134 valence electrons. The molecule has 24 heavy (non-hydrogen) atoms. The monoisotopic (exact) mass is 336 g/mol. The molecule has 0 unspecified atom stereocenters. The van der Waals surface area contributed by atoms with E-state index in [2.05, 4.69) is 5.32 Å². The van der Waals surface area contributed by atoms with E-state index in [-0.39, 0.29) is 5.91 Å². The fourth-order valence-corrected chi connectivity index (χ4v) is 3.11. The van der Waals surface area contributed by atoms with Gasteiger partial charge in [-0.1, -0.05) is 0 Å². The number of benzene rings is 1. The molecule has 1 fully saturated rings. The number of nitrogens with zero attached hydrogens (tertiary/aromatic N) is 1. The van der Waals surface area contributed by atoms with Crippen LogP contribution in [0.4, 0.5) is 0 Å². The molecule has 0 aromatic heterocycles. The zero-order valence-corrected chi connectivity index (χ0v) is 15.1. The number of piperidine rings is 1. The molecule has 1 aliphatic rings. The molecular formula is C18H28N2O4. The lowest BCUT2D eigenvalue weighted by Crippen LogP contribution is -2.44. The molecule has 1 amide bonds. The van der Waals surface area contributed by atoms with Gasteiger partial charge in [-0.3, -0.25) is 4.79 Å². The first-order chi connectivity index (χ1) is 11.6. The third kappa shape index (κ3) is 4.32. The van der Waals surface area contributed by atoms with E-state index < -0.39 is 0 Å². The third-order valence-corrected chi connectivity index (χ3v) is 4.61. The van der Waals surface area contributed by atoms with Gasteiger partial charge in [-0.05, 0) is 44.0 Å². The maximum absolute atomic E-state index is 12.4. The molecule has 1 aromatic rings. The number of methoxy groups -OCH3 is 3. The van der Waals surface area contributed by atoms with Gasteiger partial charge < -0.3 is 24.4 Å². The molecule has 0 atom stereocenters. The lowest BCUT2D eigenvalue weighted by Gasteiger charge is -2.32. The van der Waals surface area contributed by atoms with Crippen LogP contribution in [0.5, 0.6) is 17.2 Å². The first-order valence-electron chi connectivity index (χ1n) is 8.36. The van der Waals surface area contributed by atoms with Crippen molar-refractivity contribution in [1.29, 1.82) is 0 Å². The number of likely N-dealkylation sites (tertiary alicyclic amines) is 1. The first kappa shape index (κ1) is 18.4. The number of hydrogen-bond acceptors (Lipinski definition) is 5. The van der Waals surface area contributed by atoms with E-state index in [0.29, 0.717) is 36.1 Å². The van der Waals surface area contributed by atoms with Gasteiger partial charge in [-0.2, -0.15) is 0 Å². The minimum Gasteiger partial charge on any atom is -0.493 e. The second-order valence-electron chi connectivity index (χ2n) is 5.98. The van der Waals surface area contributed by atoms with Crippen molar-refractivity contribution in [2.45, 2.75) is 31.7 Å². The lowest BCUT2D eigenvalue weighted by molar-refractivity contribution is -0.132. The fourth-order valence-electron chi connectivity index (χ4n) is 3.11. The zero-order chi connectivity index (χ0) is 17.5. The normalized spacial score (nSPS) is 15.2. The summed E-state index contributed by atoms with van der Waals surface area (Å²) in [5.74, 6) is 2.02. The van der Waals surface area contributed by atoms with Crippen LogP contribution in [0.15, 0.2) is 12.1 Å². The number of nitrogens with one attached hydrogen (secondary N) is 1. The Kier molecular flexibility index (Phi) is 6.73. The Bertz CT molecular complexity index is 529. The van der Waals surface area contributed by atoms with Gasteiger partial charge in [-0.25, -0.2) is 0 Å². The number of carbonyl (C=O) groups is 1. The highest BCUT2D eigenvalue weighted by Gasteiger charge is 2.21. The molecule has 6 heteroatoms. The van der Waals surface area contributed by atoms with Crippen molar-refractivity contribution in [2.24, 2.45) is 0 Å². The largest absolute Gasteiger partial charge is 0.493 e. The van der Waals surface area contributed by atoms with Crippen molar-refractivity contribution in [3.63, 3.8) is 0 Å². The van der Waals surface area contributed by atoms with Crippen LogP contribution < -0.4 is 19.5 Å². The summed E-state index contributed by atoms with van der Waals surface area (Å²) < 4.78 is 16.0. The van der Waals surface area contributed by atoms with E-state index in [1.54, 1.807) is 21.3 Å². The number of aryl methyl sites for hydroxylation is 1. The second kappa shape index (κ2) is 8.78. The third-order valence-electron chi connectivity index (χ3n) is 4.61. The number of amides is 1. The molecular weight excluding hydrogens is 308 g/mol. The summed E-state index contributed by atoms with van der Waals surface area (Å²) in [5, 5.41) is 3.28. The standard InChI is InChI=1S/C18H28N2O4/c1-19-14-7-9-20(10-8-14)17(21)6-5-13-11-15(22-2)18(24-4)16(12-13)23-3/h11-12,14,19H,5-10H2,1-4H3.